The fraction of sp³-hybridized carbons (Fsp3) is 0.364. The SMILES string of the molecule is CCOC(=O)c1c(C=Cc2cccc(OC(F)F)c2OC2CCCC2)nc2sccn12. The Hall–Kier alpha value is -2.94. The van der Waals surface area contributed by atoms with Crippen LogP contribution in [0, 0.1) is 0 Å². The number of ether oxygens (including phenoxy) is 3. The minimum Gasteiger partial charge on any atom is -0.486 e. The average molecular weight is 448 g/mol. The van der Waals surface area contributed by atoms with Crippen LogP contribution in [-0.2, 0) is 4.74 Å². The monoisotopic (exact) mass is 448 g/mol. The van der Waals surface area contributed by atoms with Crippen LogP contribution in [0.5, 0.6) is 11.5 Å². The summed E-state index contributed by atoms with van der Waals surface area (Å²) in [4.78, 5) is 17.6. The van der Waals surface area contributed by atoms with Crippen molar-refractivity contribution in [2.24, 2.45) is 0 Å². The van der Waals surface area contributed by atoms with Crippen molar-refractivity contribution in [2.75, 3.05) is 6.61 Å². The van der Waals surface area contributed by atoms with Gasteiger partial charge in [-0.15, -0.1) is 11.3 Å². The molecule has 9 heteroatoms. The van der Waals surface area contributed by atoms with Gasteiger partial charge in [-0.2, -0.15) is 8.78 Å². The second kappa shape index (κ2) is 9.47. The predicted molar refractivity (Wildman–Crippen MR) is 114 cm³/mol. The summed E-state index contributed by atoms with van der Waals surface area (Å²) in [5, 5.41) is 1.83. The molecule has 4 rings (SSSR count). The molecule has 1 aliphatic rings. The first-order chi connectivity index (χ1) is 15.1. The van der Waals surface area contributed by atoms with Crippen LogP contribution in [0.4, 0.5) is 8.78 Å². The van der Waals surface area contributed by atoms with E-state index < -0.39 is 12.6 Å². The molecule has 31 heavy (non-hydrogen) atoms. The Balaban J connectivity index is 1.71. The summed E-state index contributed by atoms with van der Waals surface area (Å²) in [6, 6.07) is 4.84. The second-order valence-electron chi connectivity index (χ2n) is 7.03. The quantitative estimate of drug-likeness (QED) is 0.416. The maximum Gasteiger partial charge on any atom is 0.387 e. The third-order valence-electron chi connectivity index (χ3n) is 4.99. The van der Waals surface area contributed by atoms with E-state index in [1.807, 2.05) is 5.38 Å². The molecule has 3 aromatic rings. The van der Waals surface area contributed by atoms with E-state index in [9.17, 15) is 13.6 Å². The highest BCUT2D eigenvalue weighted by molar-refractivity contribution is 7.15. The summed E-state index contributed by atoms with van der Waals surface area (Å²) in [7, 11) is 0. The van der Waals surface area contributed by atoms with Crippen molar-refractivity contribution in [1.82, 2.24) is 9.38 Å². The molecule has 6 nitrogen and oxygen atoms in total. The van der Waals surface area contributed by atoms with Crippen molar-refractivity contribution >= 4 is 34.4 Å². The summed E-state index contributed by atoms with van der Waals surface area (Å²) in [5.41, 5.74) is 1.31. The number of thiazole rings is 1. The molecule has 164 valence electrons. The molecule has 1 saturated carbocycles. The van der Waals surface area contributed by atoms with Crippen LogP contribution in [0.3, 0.4) is 0 Å². The van der Waals surface area contributed by atoms with Gasteiger partial charge in [-0.05, 0) is 50.8 Å². The van der Waals surface area contributed by atoms with Crippen LogP contribution >= 0.6 is 11.3 Å². The largest absolute Gasteiger partial charge is 0.486 e. The lowest BCUT2D eigenvalue weighted by Gasteiger charge is -2.18. The minimum absolute atomic E-state index is 0.0134. The maximum absolute atomic E-state index is 12.9. The van der Waals surface area contributed by atoms with Crippen LogP contribution < -0.4 is 9.47 Å². The number of fused-ring (bicyclic) bond motifs is 1. The van der Waals surface area contributed by atoms with Gasteiger partial charge in [-0.1, -0.05) is 12.1 Å². The van der Waals surface area contributed by atoms with Gasteiger partial charge < -0.3 is 14.2 Å². The van der Waals surface area contributed by atoms with Crippen molar-refractivity contribution < 1.29 is 27.8 Å². The highest BCUT2D eigenvalue weighted by Crippen LogP contribution is 2.37. The Morgan fingerprint density at radius 2 is 2.13 bits per heavy atom. The normalized spacial score (nSPS) is 14.7. The van der Waals surface area contributed by atoms with Gasteiger partial charge in [-0.25, -0.2) is 9.78 Å². The third-order valence-corrected chi connectivity index (χ3v) is 5.75. The topological polar surface area (TPSA) is 62.1 Å². The van der Waals surface area contributed by atoms with Crippen molar-refractivity contribution in [3.63, 3.8) is 0 Å². The number of rotatable bonds is 8. The molecule has 1 aromatic carbocycles. The molecule has 0 radical (unpaired) electrons. The lowest BCUT2D eigenvalue weighted by Crippen LogP contribution is -2.13. The molecule has 0 saturated heterocycles. The number of nitrogens with zero attached hydrogens (tertiary/aromatic N) is 2. The standard InChI is InChI=1S/C22H22F2N2O4S/c1-2-28-20(27)18-16(25-22-26(18)12-13-31-22)11-10-14-6-5-9-17(30-21(23)24)19(14)29-15-7-3-4-8-15/h5-6,9-13,15,21H,2-4,7-8H2,1H3. The number of para-hydroxylation sites is 1. The fourth-order valence-corrected chi connectivity index (χ4v) is 4.36. The lowest BCUT2D eigenvalue weighted by atomic mass is 10.1. The van der Waals surface area contributed by atoms with Gasteiger partial charge in [0, 0.05) is 17.1 Å². The van der Waals surface area contributed by atoms with Crippen LogP contribution in [0.2, 0.25) is 0 Å². The number of benzene rings is 1. The molecule has 0 amide bonds. The number of alkyl halides is 2. The molecule has 0 unspecified atom stereocenters. The maximum atomic E-state index is 12.9. The zero-order valence-electron chi connectivity index (χ0n) is 16.9. The van der Waals surface area contributed by atoms with Crippen LogP contribution in [0.15, 0.2) is 29.8 Å². The minimum atomic E-state index is -2.96. The summed E-state index contributed by atoms with van der Waals surface area (Å²) >= 11 is 1.40. The van der Waals surface area contributed by atoms with E-state index in [0.717, 1.165) is 25.7 Å². The Bertz CT molecular complexity index is 1090. The summed E-state index contributed by atoms with van der Waals surface area (Å²) in [6.07, 6.45) is 8.90. The number of carbonyl (C=O) groups is 1. The molecule has 0 spiro atoms. The molecular formula is C22H22F2N2O4S. The first-order valence-electron chi connectivity index (χ1n) is 10.1. The van der Waals surface area contributed by atoms with E-state index in [1.54, 1.807) is 41.8 Å². The predicted octanol–water partition coefficient (Wildman–Crippen LogP) is 5.67. The molecule has 0 bridgehead atoms. The lowest BCUT2D eigenvalue weighted by molar-refractivity contribution is -0.0520. The highest BCUT2D eigenvalue weighted by Gasteiger charge is 2.23. The second-order valence-corrected chi connectivity index (χ2v) is 7.91. The Morgan fingerprint density at radius 3 is 2.87 bits per heavy atom. The fourth-order valence-electron chi connectivity index (χ4n) is 3.64. The highest BCUT2D eigenvalue weighted by atomic mass is 32.1. The van der Waals surface area contributed by atoms with E-state index in [-0.39, 0.29) is 24.2 Å². The summed E-state index contributed by atoms with van der Waals surface area (Å²) in [6.45, 7) is -0.980. The van der Waals surface area contributed by atoms with Crippen molar-refractivity contribution in [3.8, 4) is 11.5 Å². The average Bonchev–Trinajstić information content (AvgIpc) is 3.45. The number of halogens is 2. The number of hydrogen-bond acceptors (Lipinski definition) is 6. The van der Waals surface area contributed by atoms with Gasteiger partial charge in [0.15, 0.2) is 22.2 Å². The van der Waals surface area contributed by atoms with Gasteiger partial charge in [-0.3, -0.25) is 4.40 Å². The van der Waals surface area contributed by atoms with E-state index in [0.29, 0.717) is 21.9 Å². The summed E-state index contributed by atoms with van der Waals surface area (Å²) in [5.74, 6) is -0.226. The van der Waals surface area contributed by atoms with E-state index in [4.69, 9.17) is 14.2 Å². The zero-order valence-corrected chi connectivity index (χ0v) is 17.7. The Kier molecular flexibility index (Phi) is 6.50. The number of carbonyl (C=O) groups excluding carboxylic acids is 1. The number of esters is 1. The van der Waals surface area contributed by atoms with Crippen molar-refractivity contribution in [3.05, 3.63) is 46.7 Å². The van der Waals surface area contributed by atoms with Crippen LogP contribution in [0.1, 0.15) is 54.4 Å². The number of aromatic nitrogens is 2. The van der Waals surface area contributed by atoms with Gasteiger partial charge >= 0.3 is 12.6 Å². The number of hydrogen-bond donors (Lipinski definition) is 0. The first kappa shape index (κ1) is 21.3. The van der Waals surface area contributed by atoms with Gasteiger partial charge in [0.2, 0.25) is 0 Å². The Morgan fingerprint density at radius 1 is 1.32 bits per heavy atom. The molecule has 1 fully saturated rings. The van der Waals surface area contributed by atoms with Crippen molar-refractivity contribution in [1.29, 1.82) is 0 Å². The Labute approximate surface area is 182 Å². The molecular weight excluding hydrogens is 426 g/mol. The number of imidazole rings is 1. The molecule has 0 atom stereocenters. The molecule has 2 heterocycles. The summed E-state index contributed by atoms with van der Waals surface area (Å²) < 4.78 is 43.5. The van der Waals surface area contributed by atoms with E-state index >= 15 is 0 Å². The van der Waals surface area contributed by atoms with Gasteiger partial charge in [0.05, 0.1) is 18.4 Å². The van der Waals surface area contributed by atoms with Gasteiger partial charge in [0.25, 0.3) is 0 Å². The third kappa shape index (κ3) is 4.71. The first-order valence-corrected chi connectivity index (χ1v) is 11.0. The van der Waals surface area contributed by atoms with Crippen LogP contribution in [-0.4, -0.2) is 34.7 Å². The molecule has 2 aromatic heterocycles. The zero-order chi connectivity index (χ0) is 21.8. The molecule has 1 aliphatic carbocycles. The van der Waals surface area contributed by atoms with Crippen LogP contribution in [0.25, 0.3) is 17.1 Å². The molecule has 0 aliphatic heterocycles. The van der Waals surface area contributed by atoms with Gasteiger partial charge in [0.1, 0.15) is 0 Å². The van der Waals surface area contributed by atoms with E-state index in [2.05, 4.69) is 4.98 Å². The van der Waals surface area contributed by atoms with E-state index in [1.165, 1.54) is 17.4 Å². The van der Waals surface area contributed by atoms with Crippen molar-refractivity contribution in [2.45, 2.75) is 45.3 Å². The smallest absolute Gasteiger partial charge is 0.387 e. The molecule has 0 N–H and O–H groups in total.